The van der Waals surface area contributed by atoms with E-state index in [-0.39, 0.29) is 12.3 Å². The predicted molar refractivity (Wildman–Crippen MR) is 57.1 cm³/mol. The summed E-state index contributed by atoms with van der Waals surface area (Å²) in [6.45, 7) is 1.93. The second-order valence-corrected chi connectivity index (χ2v) is 4.33. The average molecular weight is 258 g/mol. The first kappa shape index (κ1) is 11.2. The number of nitrogens with zero attached hydrogens (tertiary/aromatic N) is 1. The number of rotatable bonds is 4. The Morgan fingerprint density at radius 2 is 2.36 bits per heavy atom. The normalized spacial score (nSPS) is 12.4. The molecule has 1 rings (SSSR count). The van der Waals surface area contributed by atoms with Crippen LogP contribution in [0.4, 0.5) is 0 Å². The van der Waals surface area contributed by atoms with Crippen molar-refractivity contribution in [1.82, 2.24) is 4.98 Å². The maximum Gasteiger partial charge on any atom is 0.303 e. The van der Waals surface area contributed by atoms with Crippen molar-refractivity contribution in [2.45, 2.75) is 19.8 Å². The van der Waals surface area contributed by atoms with Gasteiger partial charge in [-0.2, -0.15) is 0 Å². The molecule has 0 aromatic carbocycles. The van der Waals surface area contributed by atoms with Crippen molar-refractivity contribution in [3.8, 4) is 0 Å². The molecule has 76 valence electrons. The summed E-state index contributed by atoms with van der Waals surface area (Å²) >= 11 is 3.32. The molecule has 0 saturated carbocycles. The Morgan fingerprint density at radius 1 is 1.64 bits per heavy atom. The third-order valence-corrected chi connectivity index (χ3v) is 2.30. The smallest absolute Gasteiger partial charge is 0.303 e. The van der Waals surface area contributed by atoms with Crippen LogP contribution in [-0.2, 0) is 11.2 Å². The number of hydrogen-bond acceptors (Lipinski definition) is 2. The molecule has 1 atom stereocenters. The van der Waals surface area contributed by atoms with Gasteiger partial charge in [0.25, 0.3) is 0 Å². The molecule has 1 aromatic heterocycles. The van der Waals surface area contributed by atoms with Gasteiger partial charge in [-0.15, -0.1) is 0 Å². The standard InChI is InChI=1S/C10H12BrNO2/c1-7(3-10(13)14)2-8-4-9(11)6-12-5-8/h4-7H,2-3H2,1H3,(H,13,14). The van der Waals surface area contributed by atoms with E-state index in [4.69, 9.17) is 5.11 Å². The lowest BCUT2D eigenvalue weighted by Gasteiger charge is -2.07. The topological polar surface area (TPSA) is 50.2 Å². The number of aromatic nitrogens is 1. The Labute approximate surface area is 91.3 Å². The number of aliphatic carboxylic acids is 1. The summed E-state index contributed by atoms with van der Waals surface area (Å²) < 4.78 is 0.928. The molecule has 0 aliphatic rings. The van der Waals surface area contributed by atoms with Crippen LogP contribution in [0.3, 0.4) is 0 Å². The fourth-order valence-corrected chi connectivity index (χ4v) is 1.75. The summed E-state index contributed by atoms with van der Waals surface area (Å²) in [4.78, 5) is 14.5. The highest BCUT2D eigenvalue weighted by Gasteiger charge is 2.08. The van der Waals surface area contributed by atoms with Crippen LogP contribution < -0.4 is 0 Å². The van der Waals surface area contributed by atoms with Crippen LogP contribution >= 0.6 is 15.9 Å². The van der Waals surface area contributed by atoms with Crippen molar-refractivity contribution < 1.29 is 9.90 Å². The van der Waals surface area contributed by atoms with Crippen molar-refractivity contribution in [2.75, 3.05) is 0 Å². The molecule has 0 aliphatic heterocycles. The van der Waals surface area contributed by atoms with E-state index in [2.05, 4.69) is 20.9 Å². The molecule has 0 amide bonds. The average Bonchev–Trinajstić information content (AvgIpc) is 2.01. The van der Waals surface area contributed by atoms with Crippen LogP contribution in [0, 0.1) is 5.92 Å². The molecule has 1 heterocycles. The molecule has 0 fully saturated rings. The maximum absolute atomic E-state index is 10.4. The minimum Gasteiger partial charge on any atom is -0.481 e. The first-order valence-corrected chi connectivity index (χ1v) is 5.18. The molecule has 1 N–H and O–H groups in total. The minimum atomic E-state index is -0.750. The van der Waals surface area contributed by atoms with Gasteiger partial charge in [-0.3, -0.25) is 9.78 Å². The molecular formula is C10H12BrNO2. The Kier molecular flexibility index (Phi) is 4.07. The molecule has 0 spiro atoms. The number of carboxylic acids is 1. The zero-order chi connectivity index (χ0) is 10.6. The molecule has 14 heavy (non-hydrogen) atoms. The molecule has 1 unspecified atom stereocenters. The van der Waals surface area contributed by atoms with Gasteiger partial charge < -0.3 is 5.11 Å². The summed E-state index contributed by atoms with van der Waals surface area (Å²) in [6, 6.07) is 1.96. The molecular weight excluding hydrogens is 246 g/mol. The fourth-order valence-electron chi connectivity index (χ4n) is 1.34. The van der Waals surface area contributed by atoms with Crippen LogP contribution in [0.15, 0.2) is 22.9 Å². The summed E-state index contributed by atoms with van der Waals surface area (Å²) in [5.41, 5.74) is 1.06. The molecule has 1 aromatic rings. The number of hydrogen-bond donors (Lipinski definition) is 1. The first-order valence-electron chi connectivity index (χ1n) is 4.39. The van der Waals surface area contributed by atoms with E-state index in [0.29, 0.717) is 0 Å². The fraction of sp³-hybridized carbons (Fsp3) is 0.400. The second kappa shape index (κ2) is 5.10. The molecule has 0 radical (unpaired) electrons. The largest absolute Gasteiger partial charge is 0.481 e. The maximum atomic E-state index is 10.4. The zero-order valence-electron chi connectivity index (χ0n) is 7.90. The molecule has 0 saturated heterocycles. The molecule has 0 aliphatic carbocycles. The molecule has 0 bridgehead atoms. The lowest BCUT2D eigenvalue weighted by atomic mass is 9.99. The summed E-state index contributed by atoms with van der Waals surface area (Å²) in [7, 11) is 0. The summed E-state index contributed by atoms with van der Waals surface area (Å²) in [5.74, 6) is -0.607. The number of carbonyl (C=O) groups is 1. The summed E-state index contributed by atoms with van der Waals surface area (Å²) in [6.07, 6.45) is 4.43. The SMILES string of the molecule is CC(CC(=O)O)Cc1cncc(Br)c1. The zero-order valence-corrected chi connectivity index (χ0v) is 9.49. The number of pyridine rings is 1. The van der Waals surface area contributed by atoms with E-state index in [9.17, 15) is 4.79 Å². The monoisotopic (exact) mass is 257 g/mol. The van der Waals surface area contributed by atoms with Crippen molar-refractivity contribution in [2.24, 2.45) is 5.92 Å². The van der Waals surface area contributed by atoms with Crippen molar-refractivity contribution in [1.29, 1.82) is 0 Å². The van der Waals surface area contributed by atoms with Gasteiger partial charge in [-0.1, -0.05) is 6.92 Å². The lowest BCUT2D eigenvalue weighted by molar-refractivity contribution is -0.137. The van der Waals surface area contributed by atoms with Gasteiger partial charge in [0.05, 0.1) is 0 Å². The third kappa shape index (κ3) is 3.87. The Hall–Kier alpha value is -0.900. The highest BCUT2D eigenvalue weighted by Crippen LogP contribution is 2.15. The quantitative estimate of drug-likeness (QED) is 0.902. The van der Waals surface area contributed by atoms with E-state index >= 15 is 0 Å². The predicted octanol–water partition coefficient (Wildman–Crippen LogP) is 2.50. The van der Waals surface area contributed by atoms with Gasteiger partial charge in [0.15, 0.2) is 0 Å². The van der Waals surface area contributed by atoms with E-state index in [0.717, 1.165) is 16.5 Å². The van der Waals surface area contributed by atoms with E-state index < -0.39 is 5.97 Å². The van der Waals surface area contributed by atoms with Crippen LogP contribution in [0.2, 0.25) is 0 Å². The number of carboxylic acid groups (broad SMARTS) is 1. The van der Waals surface area contributed by atoms with Gasteiger partial charge in [0, 0.05) is 23.3 Å². The van der Waals surface area contributed by atoms with Crippen molar-refractivity contribution in [3.63, 3.8) is 0 Å². The summed E-state index contributed by atoms with van der Waals surface area (Å²) in [5, 5.41) is 8.59. The van der Waals surface area contributed by atoms with E-state index in [1.165, 1.54) is 0 Å². The third-order valence-electron chi connectivity index (χ3n) is 1.87. The highest BCUT2D eigenvalue weighted by molar-refractivity contribution is 9.10. The van der Waals surface area contributed by atoms with Crippen LogP contribution in [0.5, 0.6) is 0 Å². The van der Waals surface area contributed by atoms with Crippen molar-refractivity contribution in [3.05, 3.63) is 28.5 Å². The first-order chi connectivity index (χ1) is 6.58. The van der Waals surface area contributed by atoms with Crippen LogP contribution in [0.1, 0.15) is 18.9 Å². The highest BCUT2D eigenvalue weighted by atomic mass is 79.9. The van der Waals surface area contributed by atoms with Gasteiger partial charge in [0.1, 0.15) is 0 Å². The van der Waals surface area contributed by atoms with Gasteiger partial charge >= 0.3 is 5.97 Å². The Balaban J connectivity index is 2.55. The van der Waals surface area contributed by atoms with Crippen LogP contribution in [0.25, 0.3) is 0 Å². The number of halogens is 1. The Morgan fingerprint density at radius 3 is 2.93 bits per heavy atom. The lowest BCUT2D eigenvalue weighted by Crippen LogP contribution is -2.07. The molecule has 3 nitrogen and oxygen atoms in total. The van der Waals surface area contributed by atoms with E-state index in [1.807, 2.05) is 13.0 Å². The van der Waals surface area contributed by atoms with Gasteiger partial charge in [0.2, 0.25) is 0 Å². The van der Waals surface area contributed by atoms with Crippen LogP contribution in [-0.4, -0.2) is 16.1 Å². The minimum absolute atomic E-state index is 0.142. The van der Waals surface area contributed by atoms with E-state index in [1.54, 1.807) is 12.4 Å². The van der Waals surface area contributed by atoms with Gasteiger partial charge in [-0.05, 0) is 39.9 Å². The van der Waals surface area contributed by atoms with Crippen molar-refractivity contribution >= 4 is 21.9 Å². The van der Waals surface area contributed by atoms with Gasteiger partial charge in [-0.25, -0.2) is 0 Å². The second-order valence-electron chi connectivity index (χ2n) is 3.42. The molecule has 4 heteroatoms. The Bertz CT molecular complexity index is 328.